The highest BCUT2D eigenvalue weighted by Crippen LogP contribution is 2.45. The Hall–Kier alpha value is -3.87. The van der Waals surface area contributed by atoms with Gasteiger partial charge in [-0.25, -0.2) is 18.3 Å². The molecule has 3 heterocycles. The standard InChI is InChI=1S/C32H37FN4O6S/c1-17-10-18(8-9-22(17)33)27-28-21(31(5,16-43-28)37-44(41)30(2,3)4)14-24(35-27)32(6,40)15-34-29(39)20-11-19-13-25(38)36-26(19)23(12-20)42-7/h8-12,14,37,40H,13,15-16H2,1-7H3,(H,34,39)(H,36,38). The van der Waals surface area contributed by atoms with Gasteiger partial charge in [-0.3, -0.25) is 9.59 Å². The van der Waals surface area contributed by atoms with E-state index in [4.69, 9.17) is 14.5 Å². The van der Waals surface area contributed by atoms with Crippen LogP contribution >= 0.6 is 0 Å². The molecule has 3 aromatic rings. The average molecular weight is 625 g/mol. The molecule has 234 valence electrons. The number of aromatic nitrogens is 1. The van der Waals surface area contributed by atoms with E-state index >= 15 is 0 Å². The van der Waals surface area contributed by atoms with Gasteiger partial charge in [0.05, 0.1) is 52.7 Å². The lowest BCUT2D eigenvalue weighted by Crippen LogP contribution is -2.47. The zero-order valence-corrected chi connectivity index (χ0v) is 26.6. The smallest absolute Gasteiger partial charge is 0.251 e. The minimum absolute atomic E-state index is 0.129. The quantitative estimate of drug-likeness (QED) is 0.297. The molecule has 3 unspecified atom stereocenters. The third-order valence-electron chi connectivity index (χ3n) is 7.80. The Morgan fingerprint density at radius 3 is 2.61 bits per heavy atom. The number of halogens is 1. The fourth-order valence-electron chi connectivity index (χ4n) is 5.14. The van der Waals surface area contributed by atoms with Crippen LogP contribution in [-0.4, -0.2) is 51.1 Å². The number of pyridine rings is 1. The fourth-order valence-corrected chi connectivity index (χ4v) is 6.02. The van der Waals surface area contributed by atoms with Crippen molar-refractivity contribution >= 4 is 28.5 Å². The summed E-state index contributed by atoms with van der Waals surface area (Å²) in [6.45, 7) is 10.6. The number of hydrogen-bond acceptors (Lipinski definition) is 7. The van der Waals surface area contributed by atoms with Gasteiger partial charge in [0.1, 0.15) is 29.5 Å². The van der Waals surface area contributed by atoms with Crippen LogP contribution in [0.2, 0.25) is 0 Å². The predicted octanol–water partition coefficient (Wildman–Crippen LogP) is 4.00. The van der Waals surface area contributed by atoms with E-state index in [1.807, 2.05) is 27.7 Å². The molecule has 2 aliphatic heterocycles. The van der Waals surface area contributed by atoms with Crippen LogP contribution in [0.3, 0.4) is 0 Å². The molecule has 4 N–H and O–H groups in total. The Balaban J connectivity index is 1.50. The molecule has 2 aromatic carbocycles. The molecule has 3 atom stereocenters. The molecule has 0 radical (unpaired) electrons. The zero-order valence-electron chi connectivity index (χ0n) is 25.8. The lowest BCUT2D eigenvalue weighted by molar-refractivity contribution is -0.115. The number of fused-ring (bicyclic) bond motifs is 2. The van der Waals surface area contributed by atoms with Crippen molar-refractivity contribution in [2.75, 3.05) is 25.6 Å². The summed E-state index contributed by atoms with van der Waals surface area (Å²) in [5.41, 5.74) is 1.13. The van der Waals surface area contributed by atoms with Crippen molar-refractivity contribution in [2.24, 2.45) is 0 Å². The minimum atomic E-state index is -1.67. The largest absolute Gasteiger partial charge is 0.495 e. The summed E-state index contributed by atoms with van der Waals surface area (Å²) in [5, 5.41) is 17.2. The first-order chi connectivity index (χ1) is 20.5. The first-order valence-electron chi connectivity index (χ1n) is 14.2. The molecule has 10 nitrogen and oxygen atoms in total. The number of nitrogens with one attached hydrogen (secondary N) is 3. The van der Waals surface area contributed by atoms with Crippen molar-refractivity contribution in [3.05, 3.63) is 70.2 Å². The first kappa shape index (κ1) is 31.6. The zero-order chi connectivity index (χ0) is 32.2. The number of aryl methyl sites for hydroxylation is 1. The van der Waals surface area contributed by atoms with Crippen LogP contribution in [0.15, 0.2) is 36.4 Å². The molecular formula is C32H37FN4O6S. The van der Waals surface area contributed by atoms with E-state index in [-0.39, 0.29) is 42.6 Å². The van der Waals surface area contributed by atoms with E-state index in [2.05, 4.69) is 15.4 Å². The number of nitrogens with zero attached hydrogens (tertiary/aromatic N) is 1. The van der Waals surface area contributed by atoms with Gasteiger partial charge in [-0.05, 0) is 89.1 Å². The summed E-state index contributed by atoms with van der Waals surface area (Å²) in [5.74, 6) is -0.229. The molecule has 0 spiro atoms. The minimum Gasteiger partial charge on any atom is -0.495 e. The van der Waals surface area contributed by atoms with Crippen LogP contribution in [0.1, 0.15) is 67.4 Å². The van der Waals surface area contributed by atoms with Crippen LogP contribution < -0.4 is 24.8 Å². The number of amides is 2. The van der Waals surface area contributed by atoms with E-state index in [1.54, 1.807) is 31.2 Å². The van der Waals surface area contributed by atoms with Gasteiger partial charge in [-0.2, -0.15) is 0 Å². The van der Waals surface area contributed by atoms with Crippen molar-refractivity contribution in [3.8, 4) is 22.8 Å². The second-order valence-electron chi connectivity index (χ2n) is 12.7. The van der Waals surface area contributed by atoms with Crippen LogP contribution in [0.5, 0.6) is 11.5 Å². The first-order valence-corrected chi connectivity index (χ1v) is 15.3. The Morgan fingerprint density at radius 1 is 1.23 bits per heavy atom. The molecule has 0 saturated carbocycles. The molecule has 44 heavy (non-hydrogen) atoms. The summed E-state index contributed by atoms with van der Waals surface area (Å²) in [4.78, 5) is 29.9. The van der Waals surface area contributed by atoms with Crippen molar-refractivity contribution < 1.29 is 32.8 Å². The van der Waals surface area contributed by atoms with E-state index in [9.17, 15) is 23.3 Å². The van der Waals surface area contributed by atoms with Gasteiger partial charge in [0.15, 0.2) is 5.75 Å². The average Bonchev–Trinajstić information content (AvgIpc) is 3.50. The highest BCUT2D eigenvalue weighted by molar-refractivity contribution is 7.84. The third-order valence-corrected chi connectivity index (χ3v) is 9.55. The van der Waals surface area contributed by atoms with Crippen LogP contribution in [-0.2, 0) is 33.3 Å². The molecule has 2 aliphatic rings. The van der Waals surface area contributed by atoms with Gasteiger partial charge in [0, 0.05) is 16.7 Å². The van der Waals surface area contributed by atoms with Crippen molar-refractivity contribution in [1.29, 1.82) is 0 Å². The molecule has 2 amide bonds. The van der Waals surface area contributed by atoms with Crippen LogP contribution in [0.4, 0.5) is 10.1 Å². The molecule has 0 fully saturated rings. The summed E-state index contributed by atoms with van der Waals surface area (Å²) < 4.78 is 41.5. The maximum atomic E-state index is 14.2. The lowest BCUT2D eigenvalue weighted by Gasteiger charge is -2.30. The van der Waals surface area contributed by atoms with Gasteiger partial charge in [-0.1, -0.05) is 0 Å². The maximum Gasteiger partial charge on any atom is 0.251 e. The summed E-state index contributed by atoms with van der Waals surface area (Å²) in [6.07, 6.45) is 0.129. The van der Waals surface area contributed by atoms with Crippen molar-refractivity contribution in [2.45, 2.75) is 63.9 Å². The molecule has 12 heteroatoms. The van der Waals surface area contributed by atoms with Crippen molar-refractivity contribution in [1.82, 2.24) is 15.0 Å². The highest BCUT2D eigenvalue weighted by Gasteiger charge is 2.43. The van der Waals surface area contributed by atoms with Gasteiger partial charge >= 0.3 is 0 Å². The van der Waals surface area contributed by atoms with E-state index in [0.717, 1.165) is 0 Å². The number of ether oxygens (including phenoxy) is 2. The fraction of sp³-hybridized carbons (Fsp3) is 0.406. The Kier molecular flexibility index (Phi) is 8.06. The Morgan fingerprint density at radius 2 is 1.95 bits per heavy atom. The monoisotopic (exact) mass is 624 g/mol. The number of hydrogen-bond donors (Lipinski definition) is 4. The second kappa shape index (κ2) is 11.2. The number of rotatable bonds is 8. The number of anilines is 1. The topological polar surface area (TPSA) is 139 Å². The second-order valence-corrected chi connectivity index (χ2v) is 14.7. The van der Waals surface area contributed by atoms with Gasteiger partial charge < -0.3 is 25.2 Å². The Labute approximate surface area is 258 Å². The van der Waals surface area contributed by atoms with E-state index < -0.39 is 32.8 Å². The van der Waals surface area contributed by atoms with Crippen LogP contribution in [0, 0.1) is 12.7 Å². The van der Waals surface area contributed by atoms with Gasteiger partial charge in [-0.15, -0.1) is 0 Å². The number of methoxy groups -OCH3 is 1. The van der Waals surface area contributed by atoms with Crippen molar-refractivity contribution in [3.63, 3.8) is 0 Å². The SMILES string of the molecule is COc1cc(C(=O)NCC(C)(O)c2cc3c(c(-c4ccc(F)c(C)c4)n2)OCC3(C)NS(=O)C(C)(C)C)cc2c1NC(=O)C2. The van der Waals surface area contributed by atoms with Crippen LogP contribution in [0.25, 0.3) is 11.3 Å². The number of carbonyl (C=O) groups is 2. The molecule has 0 bridgehead atoms. The van der Waals surface area contributed by atoms with Gasteiger partial charge in [0.25, 0.3) is 5.91 Å². The number of benzene rings is 2. The third kappa shape index (κ3) is 5.93. The van der Waals surface area contributed by atoms with E-state index in [0.29, 0.717) is 45.1 Å². The lowest BCUT2D eigenvalue weighted by atomic mass is 9.90. The predicted molar refractivity (Wildman–Crippen MR) is 165 cm³/mol. The Bertz CT molecular complexity index is 1700. The molecule has 0 aliphatic carbocycles. The summed E-state index contributed by atoms with van der Waals surface area (Å²) in [7, 11) is 0.00325. The summed E-state index contributed by atoms with van der Waals surface area (Å²) >= 11 is 0. The number of carbonyl (C=O) groups excluding carboxylic acids is 2. The summed E-state index contributed by atoms with van der Waals surface area (Å²) in [6, 6.07) is 9.42. The molecular weight excluding hydrogens is 587 g/mol. The molecule has 0 saturated heterocycles. The number of aliphatic hydroxyl groups is 1. The van der Waals surface area contributed by atoms with Gasteiger partial charge in [0.2, 0.25) is 5.91 Å². The molecule has 5 rings (SSSR count). The normalized spacial score (nSPS) is 19.3. The highest BCUT2D eigenvalue weighted by atomic mass is 32.2. The molecule has 1 aromatic heterocycles. The maximum absolute atomic E-state index is 14.2. The van der Waals surface area contributed by atoms with E-state index in [1.165, 1.54) is 26.2 Å².